The number of hydrogen-bond acceptors (Lipinski definition) is 5. The van der Waals surface area contributed by atoms with Crippen molar-refractivity contribution < 1.29 is 4.79 Å². The molecule has 0 radical (unpaired) electrons. The second kappa shape index (κ2) is 7.61. The normalized spacial score (nSPS) is 15.2. The zero-order valence-corrected chi connectivity index (χ0v) is 15.1. The molecular formula is C19H25N5O. The molecule has 6 nitrogen and oxygen atoms in total. The summed E-state index contributed by atoms with van der Waals surface area (Å²) in [6.45, 7) is 6.20. The molecule has 2 heterocycles. The van der Waals surface area contributed by atoms with Crippen LogP contribution in [0.15, 0.2) is 36.4 Å². The SMILES string of the molecule is Cc1cc(C(=O)N(C)Cc2ccccc2)nc(N2CCN(C)CC2)n1. The zero-order chi connectivity index (χ0) is 17.8. The van der Waals surface area contributed by atoms with Crippen LogP contribution in [0.4, 0.5) is 5.95 Å². The second-order valence-electron chi connectivity index (χ2n) is 6.63. The van der Waals surface area contributed by atoms with E-state index in [1.54, 1.807) is 11.0 Å². The summed E-state index contributed by atoms with van der Waals surface area (Å²) in [6.07, 6.45) is 0. The maximum atomic E-state index is 12.8. The highest BCUT2D eigenvalue weighted by Crippen LogP contribution is 2.14. The standard InChI is InChI=1S/C19H25N5O/c1-15-13-17(18(25)23(3)14-16-7-5-4-6-8-16)21-19(20-15)24-11-9-22(2)10-12-24/h4-8,13H,9-12,14H2,1-3H3. The topological polar surface area (TPSA) is 52.6 Å². The molecule has 1 aromatic heterocycles. The number of anilines is 1. The molecule has 1 fully saturated rings. The summed E-state index contributed by atoms with van der Waals surface area (Å²) in [5.41, 5.74) is 2.38. The minimum atomic E-state index is -0.0790. The Morgan fingerprint density at radius 3 is 2.48 bits per heavy atom. The van der Waals surface area contributed by atoms with E-state index in [1.165, 1.54) is 0 Å². The van der Waals surface area contributed by atoms with Crippen LogP contribution in [0.5, 0.6) is 0 Å². The minimum Gasteiger partial charge on any atom is -0.338 e. The van der Waals surface area contributed by atoms with Crippen LogP contribution in [-0.2, 0) is 6.54 Å². The van der Waals surface area contributed by atoms with Gasteiger partial charge in [0.1, 0.15) is 5.69 Å². The molecular weight excluding hydrogens is 314 g/mol. The first-order chi connectivity index (χ1) is 12.0. The third-order valence-electron chi connectivity index (χ3n) is 4.46. The third-order valence-corrected chi connectivity index (χ3v) is 4.46. The van der Waals surface area contributed by atoms with E-state index in [0.29, 0.717) is 18.2 Å². The Balaban J connectivity index is 1.76. The van der Waals surface area contributed by atoms with Gasteiger partial charge in [0.25, 0.3) is 5.91 Å². The van der Waals surface area contributed by atoms with Crippen LogP contribution in [-0.4, -0.2) is 65.9 Å². The number of rotatable bonds is 4. The molecule has 25 heavy (non-hydrogen) atoms. The van der Waals surface area contributed by atoms with E-state index in [1.807, 2.05) is 44.3 Å². The first-order valence-electron chi connectivity index (χ1n) is 8.61. The Morgan fingerprint density at radius 2 is 1.80 bits per heavy atom. The van der Waals surface area contributed by atoms with Gasteiger partial charge in [-0.2, -0.15) is 0 Å². The number of likely N-dealkylation sites (N-methyl/N-ethyl adjacent to an activating group) is 1. The zero-order valence-electron chi connectivity index (χ0n) is 15.1. The molecule has 0 unspecified atom stereocenters. The Bertz CT molecular complexity index is 726. The molecule has 1 aliphatic heterocycles. The van der Waals surface area contributed by atoms with E-state index in [-0.39, 0.29) is 5.91 Å². The van der Waals surface area contributed by atoms with Crippen molar-refractivity contribution in [2.24, 2.45) is 0 Å². The van der Waals surface area contributed by atoms with Gasteiger partial charge in [-0.1, -0.05) is 30.3 Å². The Labute approximate surface area is 149 Å². The van der Waals surface area contributed by atoms with Gasteiger partial charge in [-0.05, 0) is 25.6 Å². The molecule has 132 valence electrons. The average molecular weight is 339 g/mol. The fraction of sp³-hybridized carbons (Fsp3) is 0.421. The van der Waals surface area contributed by atoms with Crippen molar-refractivity contribution >= 4 is 11.9 Å². The summed E-state index contributed by atoms with van der Waals surface area (Å²) in [7, 11) is 3.92. The molecule has 1 saturated heterocycles. The maximum absolute atomic E-state index is 12.8. The summed E-state index contributed by atoms with van der Waals surface area (Å²) in [6, 6.07) is 11.7. The summed E-state index contributed by atoms with van der Waals surface area (Å²) < 4.78 is 0. The van der Waals surface area contributed by atoms with Gasteiger partial charge in [-0.15, -0.1) is 0 Å². The number of aromatic nitrogens is 2. The second-order valence-corrected chi connectivity index (χ2v) is 6.63. The van der Waals surface area contributed by atoms with E-state index >= 15 is 0 Å². The van der Waals surface area contributed by atoms with Gasteiger partial charge in [0.2, 0.25) is 5.95 Å². The smallest absolute Gasteiger partial charge is 0.272 e. The van der Waals surface area contributed by atoms with Crippen LogP contribution in [0.2, 0.25) is 0 Å². The van der Waals surface area contributed by atoms with E-state index in [9.17, 15) is 4.79 Å². The van der Waals surface area contributed by atoms with Crippen LogP contribution in [0.3, 0.4) is 0 Å². The van der Waals surface area contributed by atoms with Gasteiger partial charge in [0.05, 0.1) is 0 Å². The lowest BCUT2D eigenvalue weighted by Crippen LogP contribution is -2.45. The number of aryl methyl sites for hydroxylation is 1. The van der Waals surface area contributed by atoms with Crippen molar-refractivity contribution in [1.29, 1.82) is 0 Å². The predicted octanol–water partition coefficient (Wildman–Crippen LogP) is 1.81. The molecule has 1 amide bonds. The van der Waals surface area contributed by atoms with E-state index < -0.39 is 0 Å². The first kappa shape index (κ1) is 17.4. The Morgan fingerprint density at radius 1 is 1.12 bits per heavy atom. The van der Waals surface area contributed by atoms with Crippen molar-refractivity contribution in [2.45, 2.75) is 13.5 Å². The lowest BCUT2D eigenvalue weighted by molar-refractivity contribution is 0.0779. The first-order valence-corrected chi connectivity index (χ1v) is 8.61. The highest BCUT2D eigenvalue weighted by atomic mass is 16.2. The van der Waals surface area contributed by atoms with Crippen molar-refractivity contribution in [3.63, 3.8) is 0 Å². The van der Waals surface area contributed by atoms with E-state index in [2.05, 4.69) is 26.8 Å². The highest BCUT2D eigenvalue weighted by molar-refractivity contribution is 5.92. The Hall–Kier alpha value is -2.47. The van der Waals surface area contributed by atoms with Crippen molar-refractivity contribution in [3.05, 3.63) is 53.3 Å². The molecule has 0 N–H and O–H groups in total. The van der Waals surface area contributed by atoms with Crippen LogP contribution in [0.1, 0.15) is 21.7 Å². The molecule has 0 atom stereocenters. The lowest BCUT2D eigenvalue weighted by atomic mass is 10.2. The summed E-state index contributed by atoms with van der Waals surface area (Å²) >= 11 is 0. The quantitative estimate of drug-likeness (QED) is 0.850. The fourth-order valence-electron chi connectivity index (χ4n) is 2.93. The molecule has 1 aliphatic rings. The van der Waals surface area contributed by atoms with Gasteiger partial charge in [-0.25, -0.2) is 9.97 Å². The highest BCUT2D eigenvalue weighted by Gasteiger charge is 2.20. The minimum absolute atomic E-state index is 0.0790. The molecule has 3 rings (SSSR count). The van der Waals surface area contributed by atoms with Crippen molar-refractivity contribution in [3.8, 4) is 0 Å². The predicted molar refractivity (Wildman–Crippen MR) is 98.7 cm³/mol. The third kappa shape index (κ3) is 4.33. The number of carbonyl (C=O) groups is 1. The number of piperazine rings is 1. The van der Waals surface area contributed by atoms with Crippen molar-refractivity contribution in [2.75, 3.05) is 45.2 Å². The van der Waals surface area contributed by atoms with Gasteiger partial charge < -0.3 is 14.7 Å². The van der Waals surface area contributed by atoms with Gasteiger partial charge in [-0.3, -0.25) is 4.79 Å². The number of benzene rings is 1. The number of amides is 1. The molecule has 0 saturated carbocycles. The van der Waals surface area contributed by atoms with Crippen LogP contribution >= 0.6 is 0 Å². The van der Waals surface area contributed by atoms with Gasteiger partial charge in [0, 0.05) is 45.5 Å². The lowest BCUT2D eigenvalue weighted by Gasteiger charge is -2.32. The molecule has 6 heteroatoms. The summed E-state index contributed by atoms with van der Waals surface area (Å²) in [4.78, 5) is 28.0. The van der Waals surface area contributed by atoms with Gasteiger partial charge in [0.15, 0.2) is 0 Å². The molecule has 2 aromatic rings. The number of nitrogens with zero attached hydrogens (tertiary/aromatic N) is 5. The summed E-state index contributed by atoms with van der Waals surface area (Å²) in [5, 5.41) is 0. The van der Waals surface area contributed by atoms with Crippen molar-refractivity contribution in [1.82, 2.24) is 19.8 Å². The van der Waals surface area contributed by atoms with E-state index in [0.717, 1.165) is 37.4 Å². The molecule has 0 aliphatic carbocycles. The fourth-order valence-corrected chi connectivity index (χ4v) is 2.93. The molecule has 0 spiro atoms. The largest absolute Gasteiger partial charge is 0.338 e. The summed E-state index contributed by atoms with van der Waals surface area (Å²) in [5.74, 6) is 0.578. The van der Waals surface area contributed by atoms with Crippen LogP contribution < -0.4 is 4.90 Å². The molecule has 1 aromatic carbocycles. The van der Waals surface area contributed by atoms with Gasteiger partial charge >= 0.3 is 0 Å². The van der Waals surface area contributed by atoms with Crippen LogP contribution in [0, 0.1) is 6.92 Å². The van der Waals surface area contributed by atoms with Crippen LogP contribution in [0.25, 0.3) is 0 Å². The average Bonchev–Trinajstić information content (AvgIpc) is 2.62. The number of hydrogen-bond donors (Lipinski definition) is 0. The number of carbonyl (C=O) groups excluding carboxylic acids is 1. The Kier molecular flexibility index (Phi) is 5.28. The van der Waals surface area contributed by atoms with E-state index in [4.69, 9.17) is 0 Å². The monoisotopic (exact) mass is 339 g/mol. The molecule has 0 bridgehead atoms. The maximum Gasteiger partial charge on any atom is 0.272 e.